The van der Waals surface area contributed by atoms with Crippen LogP contribution in [0.15, 0.2) is 33.6 Å². The fourth-order valence-electron chi connectivity index (χ4n) is 3.46. The number of hydrogen-bond donors (Lipinski definition) is 1. The summed E-state index contributed by atoms with van der Waals surface area (Å²) in [5.74, 6) is 0.742. The first-order valence-electron chi connectivity index (χ1n) is 9.34. The zero-order chi connectivity index (χ0) is 18.8. The summed E-state index contributed by atoms with van der Waals surface area (Å²) >= 11 is 0. The first-order valence-corrected chi connectivity index (χ1v) is 9.34. The van der Waals surface area contributed by atoms with Gasteiger partial charge >= 0.3 is 0 Å². The van der Waals surface area contributed by atoms with Crippen LogP contribution in [0.4, 0.5) is 0 Å². The summed E-state index contributed by atoms with van der Waals surface area (Å²) in [7, 11) is 0. The summed E-state index contributed by atoms with van der Waals surface area (Å²) in [5.41, 5.74) is 1.96. The minimum atomic E-state index is -0.259. The molecule has 7 nitrogen and oxygen atoms in total. The number of nitrogens with one attached hydrogen (secondary N) is 1. The number of aromatic amines is 1. The topological polar surface area (TPSA) is 92.1 Å². The predicted octanol–water partition coefficient (Wildman–Crippen LogP) is 2.83. The van der Waals surface area contributed by atoms with Crippen molar-refractivity contribution in [2.75, 3.05) is 13.1 Å². The molecule has 140 valence electrons. The number of piperidine rings is 1. The lowest BCUT2D eigenvalue weighted by Gasteiger charge is -2.26. The Hall–Kier alpha value is -2.96. The van der Waals surface area contributed by atoms with E-state index in [0.717, 1.165) is 42.4 Å². The second-order valence-corrected chi connectivity index (χ2v) is 7.06. The van der Waals surface area contributed by atoms with Gasteiger partial charge in [0.25, 0.3) is 5.56 Å². The van der Waals surface area contributed by atoms with Crippen molar-refractivity contribution >= 4 is 16.8 Å². The molecule has 1 aliphatic heterocycles. The summed E-state index contributed by atoms with van der Waals surface area (Å²) < 4.78 is 5.26. The molecule has 0 spiro atoms. The molecule has 0 atom stereocenters. The molecule has 27 heavy (non-hydrogen) atoms. The first kappa shape index (κ1) is 17.5. The van der Waals surface area contributed by atoms with E-state index >= 15 is 0 Å². The maximum atomic E-state index is 12.4. The highest BCUT2D eigenvalue weighted by atomic mass is 16.5. The molecule has 1 N–H and O–H groups in total. The highest BCUT2D eigenvalue weighted by Crippen LogP contribution is 2.19. The summed E-state index contributed by atoms with van der Waals surface area (Å²) in [6, 6.07) is 7.62. The van der Waals surface area contributed by atoms with E-state index < -0.39 is 0 Å². The van der Waals surface area contributed by atoms with Crippen LogP contribution >= 0.6 is 0 Å². The third-order valence-electron chi connectivity index (χ3n) is 4.97. The van der Waals surface area contributed by atoms with Crippen LogP contribution < -0.4 is 5.56 Å². The van der Waals surface area contributed by atoms with Crippen LogP contribution in [0.25, 0.3) is 22.3 Å². The molecule has 3 aromatic rings. The maximum absolute atomic E-state index is 12.4. The highest BCUT2D eigenvalue weighted by Gasteiger charge is 2.18. The molecule has 1 fully saturated rings. The van der Waals surface area contributed by atoms with Crippen LogP contribution in [0.2, 0.25) is 0 Å². The van der Waals surface area contributed by atoms with Gasteiger partial charge in [0.05, 0.1) is 5.56 Å². The van der Waals surface area contributed by atoms with Crippen LogP contribution in [0.3, 0.4) is 0 Å². The standard InChI is InChI=1S/C20H22N4O3/c1-13-5-6-14-12-15(20(26)21-16(14)11-13)19-22-17(27-23-19)7-8-18(25)24-9-3-2-4-10-24/h5-6,11-12H,2-4,7-10H2,1H3,(H,21,26). The fraction of sp³-hybridized carbons (Fsp3) is 0.400. The second-order valence-electron chi connectivity index (χ2n) is 7.06. The number of benzene rings is 1. The van der Waals surface area contributed by atoms with Crippen LogP contribution in [0.1, 0.15) is 37.1 Å². The Morgan fingerprint density at radius 2 is 2.04 bits per heavy atom. The Balaban J connectivity index is 1.50. The van der Waals surface area contributed by atoms with E-state index in [2.05, 4.69) is 15.1 Å². The quantitative estimate of drug-likeness (QED) is 0.766. The minimum absolute atomic E-state index is 0.119. The number of H-pyrrole nitrogens is 1. The monoisotopic (exact) mass is 366 g/mol. The van der Waals surface area contributed by atoms with Crippen LogP contribution in [-0.4, -0.2) is 39.0 Å². The molecule has 1 aromatic carbocycles. The van der Waals surface area contributed by atoms with Crippen molar-refractivity contribution in [2.45, 2.75) is 39.0 Å². The van der Waals surface area contributed by atoms with Gasteiger partial charge in [0.1, 0.15) is 0 Å². The van der Waals surface area contributed by atoms with Crippen LogP contribution in [0.5, 0.6) is 0 Å². The average Bonchev–Trinajstić information content (AvgIpc) is 3.15. The Morgan fingerprint density at radius 3 is 2.85 bits per heavy atom. The second kappa shape index (κ2) is 7.34. The minimum Gasteiger partial charge on any atom is -0.343 e. The van der Waals surface area contributed by atoms with E-state index in [0.29, 0.717) is 24.3 Å². The molecular weight excluding hydrogens is 344 g/mol. The van der Waals surface area contributed by atoms with Gasteiger partial charge in [-0.25, -0.2) is 0 Å². The molecule has 2 aromatic heterocycles. The van der Waals surface area contributed by atoms with Crippen molar-refractivity contribution in [3.8, 4) is 11.4 Å². The van der Waals surface area contributed by atoms with E-state index in [-0.39, 0.29) is 17.3 Å². The zero-order valence-corrected chi connectivity index (χ0v) is 15.3. The number of likely N-dealkylation sites (tertiary alicyclic amines) is 1. The van der Waals surface area contributed by atoms with Gasteiger partial charge in [-0.3, -0.25) is 9.59 Å². The van der Waals surface area contributed by atoms with Gasteiger partial charge in [-0.05, 0) is 49.3 Å². The summed E-state index contributed by atoms with van der Waals surface area (Å²) in [4.78, 5) is 33.7. The van der Waals surface area contributed by atoms with Crippen molar-refractivity contribution in [1.82, 2.24) is 20.0 Å². The lowest BCUT2D eigenvalue weighted by Crippen LogP contribution is -2.35. The van der Waals surface area contributed by atoms with Gasteiger partial charge in [-0.1, -0.05) is 17.3 Å². The first-order chi connectivity index (χ1) is 13.1. The van der Waals surface area contributed by atoms with E-state index in [4.69, 9.17) is 4.52 Å². The van der Waals surface area contributed by atoms with Gasteiger partial charge in [0.15, 0.2) is 0 Å². The number of carbonyl (C=O) groups is 1. The van der Waals surface area contributed by atoms with E-state index in [1.807, 2.05) is 30.0 Å². The van der Waals surface area contributed by atoms with Crippen molar-refractivity contribution in [3.63, 3.8) is 0 Å². The number of amides is 1. The fourth-order valence-corrected chi connectivity index (χ4v) is 3.46. The van der Waals surface area contributed by atoms with E-state index in [9.17, 15) is 9.59 Å². The lowest BCUT2D eigenvalue weighted by molar-refractivity contribution is -0.132. The number of fused-ring (bicyclic) bond motifs is 1. The molecule has 1 aliphatic rings. The molecule has 0 radical (unpaired) electrons. The Kier molecular flexibility index (Phi) is 4.75. The number of aryl methyl sites for hydroxylation is 2. The Morgan fingerprint density at radius 1 is 1.22 bits per heavy atom. The SMILES string of the molecule is Cc1ccc2cc(-c3noc(CCC(=O)N4CCCCC4)n3)c(=O)[nH]c2c1. The Labute approximate surface area is 156 Å². The van der Waals surface area contributed by atoms with Gasteiger partial charge in [0.2, 0.25) is 17.6 Å². The van der Waals surface area contributed by atoms with Crippen molar-refractivity contribution in [1.29, 1.82) is 0 Å². The molecule has 0 saturated carbocycles. The summed E-state index contributed by atoms with van der Waals surface area (Å²) in [6.45, 7) is 3.64. The molecule has 7 heteroatoms. The normalized spacial score (nSPS) is 14.6. The lowest BCUT2D eigenvalue weighted by atomic mass is 10.1. The number of aromatic nitrogens is 3. The number of carbonyl (C=O) groups excluding carboxylic acids is 1. The van der Waals surface area contributed by atoms with Crippen molar-refractivity contribution < 1.29 is 9.32 Å². The third-order valence-corrected chi connectivity index (χ3v) is 4.97. The molecule has 0 bridgehead atoms. The molecular formula is C20H22N4O3. The largest absolute Gasteiger partial charge is 0.343 e. The molecule has 3 heterocycles. The third kappa shape index (κ3) is 3.77. The van der Waals surface area contributed by atoms with Crippen LogP contribution in [-0.2, 0) is 11.2 Å². The van der Waals surface area contributed by atoms with Gasteiger partial charge in [-0.2, -0.15) is 4.98 Å². The van der Waals surface area contributed by atoms with Gasteiger partial charge in [-0.15, -0.1) is 0 Å². The number of pyridine rings is 1. The van der Waals surface area contributed by atoms with E-state index in [1.165, 1.54) is 6.42 Å². The molecule has 0 aliphatic carbocycles. The van der Waals surface area contributed by atoms with Gasteiger partial charge < -0.3 is 14.4 Å². The molecule has 1 saturated heterocycles. The summed E-state index contributed by atoms with van der Waals surface area (Å²) in [6.07, 6.45) is 4.06. The number of nitrogens with zero attached hydrogens (tertiary/aromatic N) is 3. The zero-order valence-electron chi connectivity index (χ0n) is 15.3. The maximum Gasteiger partial charge on any atom is 0.259 e. The Bertz CT molecular complexity index is 1030. The van der Waals surface area contributed by atoms with Crippen molar-refractivity contribution in [2.24, 2.45) is 0 Å². The smallest absolute Gasteiger partial charge is 0.259 e. The molecule has 0 unspecified atom stereocenters. The summed E-state index contributed by atoms with van der Waals surface area (Å²) in [5, 5.41) is 4.84. The van der Waals surface area contributed by atoms with Crippen LogP contribution in [0, 0.1) is 6.92 Å². The van der Waals surface area contributed by atoms with Crippen molar-refractivity contribution in [3.05, 3.63) is 46.1 Å². The molecule has 1 amide bonds. The molecule has 4 rings (SSSR count). The average molecular weight is 366 g/mol. The number of hydrogen-bond acceptors (Lipinski definition) is 5. The highest BCUT2D eigenvalue weighted by molar-refractivity contribution is 5.82. The number of rotatable bonds is 4. The van der Waals surface area contributed by atoms with Gasteiger partial charge in [0, 0.05) is 31.4 Å². The predicted molar refractivity (Wildman–Crippen MR) is 101 cm³/mol. The van der Waals surface area contributed by atoms with E-state index in [1.54, 1.807) is 6.07 Å².